The summed E-state index contributed by atoms with van der Waals surface area (Å²) in [6.07, 6.45) is 1.90. The van der Waals surface area contributed by atoms with Gasteiger partial charge in [0.2, 0.25) is 0 Å². The number of nitrogens with zero attached hydrogens (tertiary/aromatic N) is 1. The average molecular weight is 177 g/mol. The summed E-state index contributed by atoms with van der Waals surface area (Å²) in [4.78, 5) is 0. The molecule has 1 heterocycles. The number of phenolic OH excluding ortho intramolecular Hbond substituents is 1. The van der Waals surface area contributed by atoms with Gasteiger partial charge in [0.05, 0.1) is 12.6 Å². The minimum atomic E-state index is 0.288. The molecule has 0 radical (unpaired) electrons. The van der Waals surface area contributed by atoms with E-state index in [1.54, 1.807) is 19.2 Å². The van der Waals surface area contributed by atoms with Gasteiger partial charge in [0, 0.05) is 18.6 Å². The summed E-state index contributed by atoms with van der Waals surface area (Å²) in [7, 11) is 3.54. The highest BCUT2D eigenvalue weighted by Gasteiger charge is 2.07. The normalized spacial score (nSPS) is 10.6. The van der Waals surface area contributed by atoms with Crippen molar-refractivity contribution in [2.75, 3.05) is 7.11 Å². The number of fused-ring (bicyclic) bond motifs is 1. The highest BCUT2D eigenvalue weighted by Crippen LogP contribution is 2.32. The lowest BCUT2D eigenvalue weighted by atomic mass is 10.2. The molecule has 3 nitrogen and oxygen atoms in total. The third kappa shape index (κ3) is 1.04. The predicted molar refractivity (Wildman–Crippen MR) is 51.1 cm³/mol. The molecule has 0 saturated heterocycles. The number of hydrogen-bond donors (Lipinski definition) is 1. The number of methoxy groups -OCH3 is 1. The summed E-state index contributed by atoms with van der Waals surface area (Å²) < 4.78 is 7.11. The maximum absolute atomic E-state index is 9.54. The first-order valence-electron chi connectivity index (χ1n) is 4.05. The molecule has 1 aromatic carbocycles. The van der Waals surface area contributed by atoms with Crippen molar-refractivity contribution in [3.8, 4) is 11.5 Å². The number of aromatic nitrogens is 1. The summed E-state index contributed by atoms with van der Waals surface area (Å²) in [5, 5.41) is 10.4. The van der Waals surface area contributed by atoms with Crippen molar-refractivity contribution < 1.29 is 9.84 Å². The highest BCUT2D eigenvalue weighted by atomic mass is 16.5. The smallest absolute Gasteiger partial charge is 0.143 e. The van der Waals surface area contributed by atoms with Crippen LogP contribution in [0.25, 0.3) is 10.9 Å². The van der Waals surface area contributed by atoms with Gasteiger partial charge in [0.25, 0.3) is 0 Å². The summed E-state index contributed by atoms with van der Waals surface area (Å²) in [6.45, 7) is 0. The van der Waals surface area contributed by atoms with E-state index in [4.69, 9.17) is 4.74 Å². The maximum atomic E-state index is 9.54. The van der Waals surface area contributed by atoms with Crippen LogP contribution in [0, 0.1) is 0 Å². The Morgan fingerprint density at radius 3 is 2.77 bits per heavy atom. The van der Waals surface area contributed by atoms with E-state index in [1.165, 1.54) is 0 Å². The Morgan fingerprint density at radius 1 is 1.31 bits per heavy atom. The molecule has 0 atom stereocenters. The standard InChI is InChI=1S/C10H11NO2/c1-11-6-5-7-8(12)3-4-9(13-2)10(7)11/h3-6,12H,1-2H3. The van der Waals surface area contributed by atoms with E-state index in [0.29, 0.717) is 0 Å². The van der Waals surface area contributed by atoms with E-state index in [2.05, 4.69) is 0 Å². The number of hydrogen-bond acceptors (Lipinski definition) is 2. The van der Waals surface area contributed by atoms with E-state index in [1.807, 2.05) is 23.9 Å². The molecule has 1 N–H and O–H groups in total. The summed E-state index contributed by atoms with van der Waals surface area (Å²) in [5.41, 5.74) is 0.919. The van der Waals surface area contributed by atoms with Crippen LogP contribution in [-0.2, 0) is 7.05 Å². The molecule has 0 bridgehead atoms. The molecule has 0 fully saturated rings. The summed E-state index contributed by atoms with van der Waals surface area (Å²) in [6, 6.07) is 5.27. The monoisotopic (exact) mass is 177 g/mol. The van der Waals surface area contributed by atoms with E-state index < -0.39 is 0 Å². The van der Waals surface area contributed by atoms with Gasteiger partial charge in [0.15, 0.2) is 0 Å². The fourth-order valence-corrected chi connectivity index (χ4v) is 1.53. The van der Waals surface area contributed by atoms with Crippen LogP contribution >= 0.6 is 0 Å². The average Bonchev–Trinajstić information content (AvgIpc) is 2.51. The fourth-order valence-electron chi connectivity index (χ4n) is 1.53. The fraction of sp³-hybridized carbons (Fsp3) is 0.200. The van der Waals surface area contributed by atoms with E-state index >= 15 is 0 Å². The van der Waals surface area contributed by atoms with Crippen molar-refractivity contribution >= 4 is 10.9 Å². The molecule has 2 aromatic rings. The summed E-state index contributed by atoms with van der Waals surface area (Å²) >= 11 is 0. The van der Waals surface area contributed by atoms with Crippen LogP contribution in [-0.4, -0.2) is 16.8 Å². The minimum Gasteiger partial charge on any atom is -0.507 e. The van der Waals surface area contributed by atoms with Gasteiger partial charge in [-0.25, -0.2) is 0 Å². The van der Waals surface area contributed by atoms with Gasteiger partial charge in [-0.3, -0.25) is 0 Å². The minimum absolute atomic E-state index is 0.288. The number of ether oxygens (including phenoxy) is 1. The molecule has 0 amide bonds. The van der Waals surface area contributed by atoms with Crippen LogP contribution in [0.1, 0.15) is 0 Å². The number of benzene rings is 1. The molecule has 0 aliphatic carbocycles. The topological polar surface area (TPSA) is 34.4 Å². The van der Waals surface area contributed by atoms with Crippen LogP contribution in [0.4, 0.5) is 0 Å². The lowest BCUT2D eigenvalue weighted by Gasteiger charge is -2.05. The zero-order valence-corrected chi connectivity index (χ0v) is 7.61. The SMILES string of the molecule is COc1ccc(O)c2ccn(C)c12. The number of aromatic hydroxyl groups is 1. The lowest BCUT2D eigenvalue weighted by Crippen LogP contribution is -1.89. The maximum Gasteiger partial charge on any atom is 0.143 e. The zero-order valence-electron chi connectivity index (χ0n) is 7.61. The van der Waals surface area contributed by atoms with Crippen LogP contribution in [0.5, 0.6) is 11.5 Å². The third-order valence-corrected chi connectivity index (χ3v) is 2.19. The van der Waals surface area contributed by atoms with Gasteiger partial charge in [-0.05, 0) is 18.2 Å². The number of aryl methyl sites for hydroxylation is 1. The van der Waals surface area contributed by atoms with E-state index in [9.17, 15) is 5.11 Å². The Labute approximate surface area is 76.2 Å². The number of rotatable bonds is 1. The Balaban J connectivity index is 2.88. The first-order valence-corrected chi connectivity index (χ1v) is 4.05. The van der Waals surface area contributed by atoms with Crippen molar-refractivity contribution in [3.63, 3.8) is 0 Å². The quantitative estimate of drug-likeness (QED) is 0.721. The molecular formula is C10H11NO2. The van der Waals surface area contributed by atoms with Crippen molar-refractivity contribution in [2.24, 2.45) is 7.05 Å². The van der Waals surface area contributed by atoms with Crippen molar-refractivity contribution in [3.05, 3.63) is 24.4 Å². The molecule has 0 aliphatic heterocycles. The van der Waals surface area contributed by atoms with Crippen molar-refractivity contribution in [2.45, 2.75) is 0 Å². The second kappa shape index (κ2) is 2.69. The predicted octanol–water partition coefficient (Wildman–Crippen LogP) is 1.89. The highest BCUT2D eigenvalue weighted by molar-refractivity contribution is 5.91. The third-order valence-electron chi connectivity index (χ3n) is 2.19. The van der Waals surface area contributed by atoms with Crippen LogP contribution in [0.2, 0.25) is 0 Å². The van der Waals surface area contributed by atoms with Gasteiger partial charge < -0.3 is 14.4 Å². The number of phenols is 1. The van der Waals surface area contributed by atoms with Gasteiger partial charge >= 0.3 is 0 Å². The molecule has 0 unspecified atom stereocenters. The van der Waals surface area contributed by atoms with Crippen LogP contribution < -0.4 is 4.74 Å². The zero-order chi connectivity index (χ0) is 9.42. The van der Waals surface area contributed by atoms with Crippen molar-refractivity contribution in [1.82, 2.24) is 4.57 Å². The van der Waals surface area contributed by atoms with Crippen molar-refractivity contribution in [1.29, 1.82) is 0 Å². The van der Waals surface area contributed by atoms with Gasteiger partial charge in [-0.1, -0.05) is 0 Å². The Kier molecular flexibility index (Phi) is 1.65. The van der Waals surface area contributed by atoms with Gasteiger partial charge in [0.1, 0.15) is 11.5 Å². The largest absolute Gasteiger partial charge is 0.507 e. The Bertz CT molecular complexity index is 445. The second-order valence-corrected chi connectivity index (χ2v) is 2.98. The molecular weight excluding hydrogens is 166 g/mol. The molecule has 0 spiro atoms. The van der Waals surface area contributed by atoms with Crippen LogP contribution in [0.15, 0.2) is 24.4 Å². The lowest BCUT2D eigenvalue weighted by molar-refractivity contribution is 0.416. The molecule has 2 rings (SSSR count). The van der Waals surface area contributed by atoms with Crippen LogP contribution in [0.3, 0.4) is 0 Å². The molecule has 13 heavy (non-hydrogen) atoms. The van der Waals surface area contributed by atoms with Gasteiger partial charge in [-0.15, -0.1) is 0 Å². The summed E-state index contributed by atoms with van der Waals surface area (Å²) in [5.74, 6) is 1.07. The second-order valence-electron chi connectivity index (χ2n) is 2.98. The first-order chi connectivity index (χ1) is 6.24. The molecule has 1 aromatic heterocycles. The Morgan fingerprint density at radius 2 is 2.08 bits per heavy atom. The first kappa shape index (κ1) is 7.98. The molecule has 3 heteroatoms. The van der Waals surface area contributed by atoms with E-state index in [0.717, 1.165) is 16.7 Å². The Hall–Kier alpha value is -1.64. The molecule has 0 saturated carbocycles. The van der Waals surface area contributed by atoms with Gasteiger partial charge in [-0.2, -0.15) is 0 Å². The van der Waals surface area contributed by atoms with E-state index in [-0.39, 0.29) is 5.75 Å². The molecule has 68 valence electrons. The molecule has 0 aliphatic rings.